The standard InChI is InChI=1S/C55H66N4O8/c1-33(2)27-54(3,63)30-56-31-58-49-10-6-7-21-64-48-25-36(12-18-47(48)62)53-55(49,65-32-59-38-8-4-5-9-38)28-45-44-24-37(23-34-11-17-46-35(22-34)19-20-57-46)43-26-39(61)13-15-41(43)50(44)52-42(51(45)67-53)16-14-40(29-60)66-52/h11-13,15,17-19,22,25-26,33,37-38,40,49,53,56,58-63H,4-5,7-9,14,16,20-21,23-24,27-32H2,1-3H3/t37-,40+,49-,53+,54+,55-/m0/s1. The lowest BCUT2D eigenvalue weighted by Crippen LogP contribution is -2.62. The molecule has 12 heteroatoms. The van der Waals surface area contributed by atoms with E-state index in [4.69, 9.17) is 18.9 Å². The molecule has 4 aromatic rings. The van der Waals surface area contributed by atoms with Crippen LogP contribution in [0.2, 0.25) is 0 Å². The van der Waals surface area contributed by atoms with E-state index in [-0.39, 0.29) is 43.5 Å². The molecule has 10 rings (SSSR count). The number of hydrogen-bond donors (Lipinski definition) is 7. The van der Waals surface area contributed by atoms with Gasteiger partial charge in [0, 0.05) is 48.8 Å². The summed E-state index contributed by atoms with van der Waals surface area (Å²) < 4.78 is 28.1. The van der Waals surface area contributed by atoms with E-state index in [0.29, 0.717) is 81.7 Å². The number of benzene rings is 4. The molecular formula is C55H66N4O8. The summed E-state index contributed by atoms with van der Waals surface area (Å²) in [5, 5.41) is 57.2. The van der Waals surface area contributed by atoms with E-state index in [2.05, 4.69) is 70.9 Å². The second-order valence-corrected chi connectivity index (χ2v) is 20.3. The van der Waals surface area contributed by atoms with Gasteiger partial charge in [0.2, 0.25) is 0 Å². The van der Waals surface area contributed by atoms with Crippen molar-refractivity contribution in [2.75, 3.05) is 39.7 Å². The number of phenolic OH excluding ortho intramolecular Hbond substituents is 2. The maximum absolute atomic E-state index is 11.3. The van der Waals surface area contributed by atoms with Crippen molar-refractivity contribution >= 4 is 6.08 Å². The lowest BCUT2D eigenvalue weighted by molar-refractivity contribution is -0.143. The minimum absolute atomic E-state index is 0.00935. The van der Waals surface area contributed by atoms with Gasteiger partial charge in [-0.15, -0.1) is 0 Å². The van der Waals surface area contributed by atoms with E-state index < -0.39 is 23.3 Å². The quantitative estimate of drug-likeness (QED) is 0.0468. The van der Waals surface area contributed by atoms with Gasteiger partial charge in [-0.25, -0.2) is 0 Å². The van der Waals surface area contributed by atoms with E-state index in [1.165, 1.54) is 18.4 Å². The van der Waals surface area contributed by atoms with Gasteiger partial charge in [0.1, 0.15) is 35.0 Å². The Morgan fingerprint density at radius 2 is 1.84 bits per heavy atom. The molecule has 0 amide bonds. The van der Waals surface area contributed by atoms with E-state index in [9.17, 15) is 20.4 Å². The van der Waals surface area contributed by atoms with E-state index in [1.54, 1.807) is 12.1 Å². The van der Waals surface area contributed by atoms with Crippen molar-refractivity contribution in [2.24, 2.45) is 10.9 Å². The van der Waals surface area contributed by atoms with Gasteiger partial charge in [0.15, 0.2) is 17.6 Å². The molecule has 0 unspecified atom stereocenters. The lowest BCUT2D eigenvalue weighted by Gasteiger charge is -2.49. The summed E-state index contributed by atoms with van der Waals surface area (Å²) in [5.41, 5.74) is 6.02. The molecule has 354 valence electrons. The summed E-state index contributed by atoms with van der Waals surface area (Å²) in [7, 11) is 0. The first-order valence-electron chi connectivity index (χ1n) is 24.6. The molecule has 0 spiro atoms. The third-order valence-electron chi connectivity index (χ3n) is 14.8. The van der Waals surface area contributed by atoms with E-state index in [0.717, 1.165) is 74.5 Å². The first-order chi connectivity index (χ1) is 32.5. The molecule has 6 aliphatic rings. The zero-order valence-corrected chi connectivity index (χ0v) is 39.1. The molecule has 0 saturated heterocycles. The van der Waals surface area contributed by atoms with E-state index >= 15 is 0 Å². The highest BCUT2D eigenvalue weighted by Crippen LogP contribution is 2.58. The highest BCUT2D eigenvalue weighted by molar-refractivity contribution is 5.85. The van der Waals surface area contributed by atoms with Gasteiger partial charge in [-0.05, 0) is 133 Å². The summed E-state index contributed by atoms with van der Waals surface area (Å²) in [6, 6.07) is 17.4. The van der Waals surface area contributed by atoms with Crippen LogP contribution < -0.4 is 40.7 Å². The molecule has 4 heterocycles. The number of nitrogens with zero attached hydrogens (tertiary/aromatic N) is 1. The van der Waals surface area contributed by atoms with Gasteiger partial charge >= 0.3 is 0 Å². The first kappa shape index (κ1) is 45.6. The average molecular weight is 911 g/mol. The van der Waals surface area contributed by atoms with Crippen LogP contribution in [-0.4, -0.2) is 89.5 Å². The van der Waals surface area contributed by atoms with Gasteiger partial charge in [0.05, 0.1) is 37.4 Å². The van der Waals surface area contributed by atoms with Crippen LogP contribution in [-0.2, 0) is 30.4 Å². The molecule has 6 atom stereocenters. The lowest BCUT2D eigenvalue weighted by atomic mass is 9.69. The van der Waals surface area contributed by atoms with Crippen molar-refractivity contribution in [3.63, 3.8) is 0 Å². The molecule has 2 aliphatic carbocycles. The number of phenols is 2. The number of aliphatic hydroxyl groups is 2. The van der Waals surface area contributed by atoms with Gasteiger partial charge in [0.25, 0.3) is 0 Å². The smallest absolute Gasteiger partial charge is 0.161 e. The molecular weight excluding hydrogens is 845 g/mol. The van der Waals surface area contributed by atoms with Crippen LogP contribution in [0.3, 0.4) is 0 Å². The van der Waals surface area contributed by atoms with Crippen LogP contribution >= 0.6 is 0 Å². The molecule has 0 aromatic heterocycles. The van der Waals surface area contributed by atoms with Crippen LogP contribution in [0.15, 0.2) is 59.6 Å². The van der Waals surface area contributed by atoms with Crippen LogP contribution in [0.5, 0.6) is 28.7 Å². The van der Waals surface area contributed by atoms with Gasteiger partial charge in [-0.2, -0.15) is 0 Å². The fourth-order valence-electron chi connectivity index (χ4n) is 11.8. The number of ether oxygens (including phenoxy) is 4. The Morgan fingerprint density at radius 1 is 0.970 bits per heavy atom. The zero-order chi connectivity index (χ0) is 46.3. The Bertz CT molecular complexity index is 2680. The van der Waals surface area contributed by atoms with Crippen molar-refractivity contribution in [3.8, 4) is 51.7 Å². The highest BCUT2D eigenvalue weighted by Gasteiger charge is 2.54. The SMILES string of the molecule is CC(C)C[C@@](C)(O)CNCN[C@H]1C#CCCOc2cc(ccc2O)[C@H]2Oc3c(c4c(c5c3CC[C@H](CO)O5)-c3ccc(O)cc3[C@@H](Cc3ccc5c(c3)=CCN=5)C4)C[C@]12OCNC1CCCC1. The maximum atomic E-state index is 11.3. The molecule has 2 bridgehead atoms. The number of aromatic hydroxyl groups is 2. The molecule has 0 radical (unpaired) electrons. The van der Waals surface area contributed by atoms with Gasteiger partial charge in [-0.1, -0.05) is 62.8 Å². The maximum Gasteiger partial charge on any atom is 0.161 e. The highest BCUT2D eigenvalue weighted by atomic mass is 16.6. The van der Waals surface area contributed by atoms with Crippen molar-refractivity contribution < 1.29 is 39.4 Å². The minimum Gasteiger partial charge on any atom is -0.508 e. The minimum atomic E-state index is -1.15. The normalized spacial score (nSPS) is 24.5. The van der Waals surface area contributed by atoms with Gasteiger partial charge in [-0.3, -0.25) is 15.6 Å². The van der Waals surface area contributed by atoms with Crippen LogP contribution in [0.1, 0.15) is 111 Å². The molecule has 12 nitrogen and oxygen atoms in total. The molecule has 4 aliphatic heterocycles. The van der Waals surface area contributed by atoms with Crippen molar-refractivity contribution in [1.29, 1.82) is 0 Å². The Kier molecular flexibility index (Phi) is 13.0. The third-order valence-corrected chi connectivity index (χ3v) is 14.8. The Labute approximate surface area is 393 Å². The van der Waals surface area contributed by atoms with Crippen LogP contribution in [0.25, 0.3) is 17.2 Å². The molecule has 1 fully saturated rings. The summed E-state index contributed by atoms with van der Waals surface area (Å²) in [4.78, 5) is 4.64. The Balaban J connectivity index is 1.15. The zero-order valence-electron chi connectivity index (χ0n) is 39.1. The van der Waals surface area contributed by atoms with Gasteiger partial charge < -0.3 is 44.7 Å². The van der Waals surface area contributed by atoms with Crippen molar-refractivity contribution in [1.82, 2.24) is 16.0 Å². The molecule has 1 saturated carbocycles. The Hall–Kier alpha value is -5.13. The second-order valence-electron chi connectivity index (χ2n) is 20.3. The molecule has 4 aromatic carbocycles. The second kappa shape index (κ2) is 19.1. The van der Waals surface area contributed by atoms with E-state index in [1.807, 2.05) is 31.2 Å². The number of hydrogen-bond acceptors (Lipinski definition) is 12. The van der Waals surface area contributed by atoms with Crippen molar-refractivity contribution in [3.05, 3.63) is 98.6 Å². The topological polar surface area (TPSA) is 166 Å². The first-order valence-corrected chi connectivity index (χ1v) is 24.6. The Morgan fingerprint density at radius 3 is 2.67 bits per heavy atom. The molecule has 7 N–H and O–H groups in total. The third kappa shape index (κ3) is 9.27. The predicted molar refractivity (Wildman–Crippen MR) is 257 cm³/mol. The summed E-state index contributed by atoms with van der Waals surface area (Å²) in [5.74, 6) is 9.45. The number of nitrogens with one attached hydrogen (secondary N) is 3. The largest absolute Gasteiger partial charge is 0.508 e. The number of fused-ring (bicyclic) bond motifs is 13. The van der Waals surface area contributed by atoms with Crippen LogP contribution in [0.4, 0.5) is 0 Å². The fourth-order valence-corrected chi connectivity index (χ4v) is 11.8. The monoisotopic (exact) mass is 910 g/mol. The fraction of sp³-hybridized carbons (Fsp3) is 0.509. The summed E-state index contributed by atoms with van der Waals surface area (Å²) >= 11 is 0. The molecule has 67 heavy (non-hydrogen) atoms. The number of aliphatic hydroxyl groups excluding tert-OH is 1. The summed E-state index contributed by atoms with van der Waals surface area (Å²) in [6.07, 6.45) is 9.66. The number of rotatable bonds is 14. The van der Waals surface area contributed by atoms with Crippen LogP contribution in [0, 0.1) is 17.8 Å². The average Bonchev–Trinajstić information content (AvgIpc) is 4.01. The van der Waals surface area contributed by atoms with Crippen molar-refractivity contribution in [2.45, 2.75) is 133 Å². The summed E-state index contributed by atoms with van der Waals surface area (Å²) in [6.45, 7) is 7.95. The predicted octanol–water partition coefficient (Wildman–Crippen LogP) is 5.76.